The van der Waals surface area contributed by atoms with Gasteiger partial charge in [0.25, 0.3) is 0 Å². The monoisotopic (exact) mass is 379 g/mol. The van der Waals surface area contributed by atoms with Crippen LogP contribution in [0.5, 0.6) is 0 Å². The van der Waals surface area contributed by atoms with Crippen molar-refractivity contribution in [2.45, 2.75) is 43.5 Å². The third kappa shape index (κ3) is 4.04. The molecule has 1 aromatic carbocycles. The van der Waals surface area contributed by atoms with Crippen LogP contribution in [0.1, 0.15) is 32.6 Å². The molecule has 2 atom stereocenters. The van der Waals surface area contributed by atoms with Crippen molar-refractivity contribution in [3.63, 3.8) is 0 Å². The van der Waals surface area contributed by atoms with E-state index in [1.165, 1.54) is 18.2 Å². The van der Waals surface area contributed by atoms with Crippen molar-refractivity contribution in [3.8, 4) is 0 Å². The van der Waals surface area contributed by atoms with Crippen molar-refractivity contribution in [1.29, 1.82) is 0 Å². The highest BCUT2D eigenvalue weighted by molar-refractivity contribution is 7.92. The fraction of sp³-hybridized carbons (Fsp3) is 0.471. The third-order valence-electron chi connectivity index (χ3n) is 4.65. The molecule has 0 saturated heterocycles. The zero-order valence-electron chi connectivity index (χ0n) is 14.4. The molecule has 1 heterocycles. The summed E-state index contributed by atoms with van der Waals surface area (Å²) in [5.74, 6) is -2.32. The molecule has 0 radical (unpaired) electrons. The number of hydrogen-bond acceptors (Lipinski definition) is 5. The topological polar surface area (TPSA) is 121 Å². The molecule has 3 N–H and O–H groups in total. The molecule has 2 aliphatic rings. The molecule has 2 unspecified atom stereocenters. The second kappa shape index (κ2) is 7.06. The lowest BCUT2D eigenvalue weighted by Gasteiger charge is -2.27. The molecule has 1 aliphatic heterocycles. The van der Waals surface area contributed by atoms with E-state index in [1.54, 1.807) is 0 Å². The zero-order chi connectivity index (χ0) is 18.9. The Balaban J connectivity index is 1.68. The van der Waals surface area contributed by atoms with Crippen LogP contribution >= 0.6 is 0 Å². The SMILES string of the molecule is CC1CCCC(NC(=O)C(=O)Nc2ccc3c(c2)S(=O)(=O)CC(=O)N3)C1. The van der Waals surface area contributed by atoms with Crippen molar-refractivity contribution in [2.24, 2.45) is 5.92 Å². The van der Waals surface area contributed by atoms with E-state index in [9.17, 15) is 22.8 Å². The normalized spacial score (nSPS) is 24.1. The first-order valence-electron chi connectivity index (χ1n) is 8.53. The summed E-state index contributed by atoms with van der Waals surface area (Å²) in [6.45, 7) is 2.12. The number of benzene rings is 1. The van der Waals surface area contributed by atoms with Crippen molar-refractivity contribution >= 4 is 38.9 Å². The predicted molar refractivity (Wildman–Crippen MR) is 95.3 cm³/mol. The van der Waals surface area contributed by atoms with Gasteiger partial charge in [0.15, 0.2) is 9.84 Å². The van der Waals surface area contributed by atoms with Gasteiger partial charge < -0.3 is 16.0 Å². The number of anilines is 2. The van der Waals surface area contributed by atoms with Gasteiger partial charge in [-0.15, -0.1) is 0 Å². The predicted octanol–water partition coefficient (Wildman–Crippen LogP) is 1.05. The Morgan fingerprint density at radius 3 is 2.69 bits per heavy atom. The summed E-state index contributed by atoms with van der Waals surface area (Å²) in [4.78, 5) is 35.5. The molecular weight excluding hydrogens is 358 g/mol. The molecule has 0 aromatic heterocycles. The van der Waals surface area contributed by atoms with Gasteiger partial charge in [-0.05, 0) is 37.0 Å². The third-order valence-corrected chi connectivity index (χ3v) is 6.30. The molecule has 140 valence electrons. The molecule has 1 fully saturated rings. The van der Waals surface area contributed by atoms with Crippen LogP contribution in [0.3, 0.4) is 0 Å². The Morgan fingerprint density at radius 2 is 1.96 bits per heavy atom. The van der Waals surface area contributed by atoms with Crippen molar-refractivity contribution in [2.75, 3.05) is 16.4 Å². The lowest BCUT2D eigenvalue weighted by molar-refractivity contribution is -0.136. The summed E-state index contributed by atoms with van der Waals surface area (Å²) in [6.07, 6.45) is 3.83. The molecule has 0 spiro atoms. The Morgan fingerprint density at radius 1 is 1.19 bits per heavy atom. The summed E-state index contributed by atoms with van der Waals surface area (Å²) in [5.41, 5.74) is 0.348. The summed E-state index contributed by atoms with van der Waals surface area (Å²) in [5, 5.41) is 7.61. The standard InChI is InChI=1S/C17H21N3O5S/c1-10-3-2-4-11(7-10)18-16(22)17(23)19-12-5-6-13-14(8-12)26(24,25)9-15(21)20-13/h5-6,8,10-11H,2-4,7,9H2,1H3,(H,18,22)(H,19,23)(H,20,21). The van der Waals surface area contributed by atoms with Gasteiger partial charge in [0.2, 0.25) is 5.91 Å². The number of amides is 3. The maximum Gasteiger partial charge on any atom is 0.313 e. The molecular formula is C17H21N3O5S. The molecule has 3 amide bonds. The van der Waals surface area contributed by atoms with Gasteiger partial charge in [0, 0.05) is 11.7 Å². The second-order valence-electron chi connectivity index (χ2n) is 6.91. The Labute approximate surface area is 151 Å². The van der Waals surface area contributed by atoms with Crippen LogP contribution in [0.25, 0.3) is 0 Å². The maximum absolute atomic E-state index is 12.1. The highest BCUT2D eigenvalue weighted by Gasteiger charge is 2.29. The average molecular weight is 379 g/mol. The first kappa shape index (κ1) is 18.4. The molecule has 1 aromatic rings. The first-order valence-corrected chi connectivity index (χ1v) is 10.2. The highest BCUT2D eigenvalue weighted by atomic mass is 32.2. The number of carbonyl (C=O) groups excluding carboxylic acids is 3. The van der Waals surface area contributed by atoms with Gasteiger partial charge in [0.1, 0.15) is 5.75 Å². The minimum Gasteiger partial charge on any atom is -0.345 e. The number of hydrogen-bond donors (Lipinski definition) is 3. The number of nitrogens with one attached hydrogen (secondary N) is 3. The molecule has 3 rings (SSSR count). The van der Waals surface area contributed by atoms with E-state index >= 15 is 0 Å². The number of sulfone groups is 1. The van der Waals surface area contributed by atoms with Crippen LogP contribution in [-0.4, -0.2) is 37.9 Å². The first-order chi connectivity index (χ1) is 12.2. The van der Waals surface area contributed by atoms with Gasteiger partial charge in [-0.1, -0.05) is 19.8 Å². The average Bonchev–Trinajstić information content (AvgIpc) is 2.54. The fourth-order valence-electron chi connectivity index (χ4n) is 3.40. The number of carbonyl (C=O) groups is 3. The molecule has 9 heteroatoms. The van der Waals surface area contributed by atoms with Crippen molar-refractivity contribution in [1.82, 2.24) is 5.32 Å². The van der Waals surface area contributed by atoms with Crippen LogP contribution in [0.2, 0.25) is 0 Å². The molecule has 1 saturated carbocycles. The van der Waals surface area contributed by atoms with E-state index < -0.39 is 33.3 Å². The van der Waals surface area contributed by atoms with E-state index in [4.69, 9.17) is 0 Å². The van der Waals surface area contributed by atoms with Crippen molar-refractivity contribution in [3.05, 3.63) is 18.2 Å². The van der Waals surface area contributed by atoms with Gasteiger partial charge in [-0.25, -0.2) is 8.42 Å². The number of fused-ring (bicyclic) bond motifs is 1. The highest BCUT2D eigenvalue weighted by Crippen LogP contribution is 2.29. The van der Waals surface area contributed by atoms with Gasteiger partial charge in [-0.2, -0.15) is 0 Å². The summed E-state index contributed by atoms with van der Waals surface area (Å²) >= 11 is 0. The van der Waals surface area contributed by atoms with Crippen LogP contribution in [-0.2, 0) is 24.2 Å². The van der Waals surface area contributed by atoms with Crippen molar-refractivity contribution < 1.29 is 22.8 Å². The van der Waals surface area contributed by atoms with E-state index in [0.717, 1.165) is 25.7 Å². The molecule has 0 bridgehead atoms. The van der Waals surface area contributed by atoms with Crippen LogP contribution < -0.4 is 16.0 Å². The maximum atomic E-state index is 12.1. The zero-order valence-corrected chi connectivity index (χ0v) is 15.2. The Bertz CT molecular complexity index is 865. The molecule has 8 nitrogen and oxygen atoms in total. The minimum absolute atomic E-state index is 0.0175. The second-order valence-corrected chi connectivity index (χ2v) is 8.87. The Hall–Kier alpha value is -2.42. The van der Waals surface area contributed by atoms with E-state index in [-0.39, 0.29) is 22.3 Å². The lowest BCUT2D eigenvalue weighted by atomic mass is 9.87. The number of rotatable bonds is 2. The van der Waals surface area contributed by atoms with Gasteiger partial charge in [0.05, 0.1) is 10.6 Å². The summed E-state index contributed by atoms with van der Waals surface area (Å²) in [7, 11) is -3.76. The van der Waals surface area contributed by atoms with Crippen LogP contribution in [0, 0.1) is 5.92 Å². The van der Waals surface area contributed by atoms with Gasteiger partial charge >= 0.3 is 11.8 Å². The molecule has 1 aliphatic carbocycles. The lowest BCUT2D eigenvalue weighted by Crippen LogP contribution is -2.43. The fourth-order valence-corrected chi connectivity index (χ4v) is 4.73. The smallest absolute Gasteiger partial charge is 0.313 e. The molecule has 26 heavy (non-hydrogen) atoms. The van der Waals surface area contributed by atoms with Crippen LogP contribution in [0.15, 0.2) is 23.1 Å². The van der Waals surface area contributed by atoms with E-state index in [0.29, 0.717) is 5.92 Å². The summed E-state index contributed by atoms with van der Waals surface area (Å²) in [6, 6.07) is 4.06. The van der Waals surface area contributed by atoms with E-state index in [2.05, 4.69) is 22.9 Å². The summed E-state index contributed by atoms with van der Waals surface area (Å²) < 4.78 is 24.2. The largest absolute Gasteiger partial charge is 0.345 e. The van der Waals surface area contributed by atoms with Crippen LogP contribution in [0.4, 0.5) is 11.4 Å². The van der Waals surface area contributed by atoms with E-state index in [1.807, 2.05) is 0 Å². The van der Waals surface area contributed by atoms with Gasteiger partial charge in [-0.3, -0.25) is 14.4 Å². The quantitative estimate of drug-likeness (QED) is 0.663. The minimum atomic E-state index is -3.76. The Kier molecular flexibility index (Phi) is 4.99.